The quantitative estimate of drug-likeness (QED) is 0.812. The standard InChI is InChI=1S/C15H24N2S2/c1-2-7-17(6-1)8-3-5-16-11-14-10-13-12-18-9-4-15(13)19-14/h10,16H,1-9,11-12H2. The van der Waals surface area contributed by atoms with Crippen LogP contribution >= 0.6 is 23.1 Å². The van der Waals surface area contributed by atoms with Crippen molar-refractivity contribution in [3.63, 3.8) is 0 Å². The first-order valence-electron chi connectivity index (χ1n) is 7.53. The molecule has 106 valence electrons. The van der Waals surface area contributed by atoms with E-state index in [2.05, 4.69) is 28.0 Å². The van der Waals surface area contributed by atoms with E-state index in [9.17, 15) is 0 Å². The maximum atomic E-state index is 3.61. The summed E-state index contributed by atoms with van der Waals surface area (Å²) >= 11 is 4.11. The zero-order valence-corrected chi connectivity index (χ0v) is 13.3. The summed E-state index contributed by atoms with van der Waals surface area (Å²) in [5, 5.41) is 3.61. The van der Waals surface area contributed by atoms with Crippen molar-refractivity contribution < 1.29 is 0 Å². The lowest BCUT2D eigenvalue weighted by Crippen LogP contribution is -2.24. The van der Waals surface area contributed by atoms with Gasteiger partial charge in [0.2, 0.25) is 0 Å². The van der Waals surface area contributed by atoms with E-state index < -0.39 is 0 Å². The van der Waals surface area contributed by atoms with Gasteiger partial charge in [-0.3, -0.25) is 0 Å². The minimum Gasteiger partial charge on any atom is -0.312 e. The molecule has 0 saturated carbocycles. The normalized spacial score (nSPS) is 19.8. The van der Waals surface area contributed by atoms with E-state index in [-0.39, 0.29) is 0 Å². The lowest BCUT2D eigenvalue weighted by Gasteiger charge is -2.14. The molecule has 0 radical (unpaired) electrons. The molecule has 0 spiro atoms. The van der Waals surface area contributed by atoms with Gasteiger partial charge >= 0.3 is 0 Å². The highest BCUT2D eigenvalue weighted by Crippen LogP contribution is 2.31. The molecule has 19 heavy (non-hydrogen) atoms. The molecule has 3 heterocycles. The molecule has 4 heteroatoms. The molecule has 0 aliphatic carbocycles. The van der Waals surface area contributed by atoms with E-state index in [0.717, 1.165) is 13.1 Å². The van der Waals surface area contributed by atoms with Crippen molar-refractivity contribution in [2.45, 2.75) is 38.0 Å². The number of hydrogen-bond donors (Lipinski definition) is 1. The number of fused-ring (bicyclic) bond motifs is 1. The van der Waals surface area contributed by atoms with E-state index in [4.69, 9.17) is 0 Å². The van der Waals surface area contributed by atoms with Crippen LogP contribution in [0.2, 0.25) is 0 Å². The maximum Gasteiger partial charge on any atom is 0.0299 e. The number of nitrogens with zero attached hydrogens (tertiary/aromatic N) is 1. The molecule has 1 aromatic heterocycles. The number of likely N-dealkylation sites (tertiary alicyclic amines) is 1. The Morgan fingerprint density at radius 3 is 3.00 bits per heavy atom. The summed E-state index contributed by atoms with van der Waals surface area (Å²) in [7, 11) is 0. The second-order valence-electron chi connectivity index (χ2n) is 5.54. The van der Waals surface area contributed by atoms with Gasteiger partial charge in [-0.2, -0.15) is 11.8 Å². The van der Waals surface area contributed by atoms with E-state index in [0.29, 0.717) is 0 Å². The molecule has 1 saturated heterocycles. The number of thiophene rings is 1. The number of thioether (sulfide) groups is 1. The smallest absolute Gasteiger partial charge is 0.0299 e. The van der Waals surface area contributed by atoms with Gasteiger partial charge in [0.1, 0.15) is 0 Å². The Bertz CT molecular complexity index is 373. The highest BCUT2D eigenvalue weighted by molar-refractivity contribution is 7.98. The zero-order chi connectivity index (χ0) is 12.9. The van der Waals surface area contributed by atoms with Crippen molar-refractivity contribution in [1.82, 2.24) is 10.2 Å². The Morgan fingerprint density at radius 1 is 1.26 bits per heavy atom. The molecule has 0 aromatic carbocycles. The Morgan fingerprint density at radius 2 is 2.16 bits per heavy atom. The Balaban J connectivity index is 1.34. The summed E-state index contributed by atoms with van der Waals surface area (Å²) < 4.78 is 0. The van der Waals surface area contributed by atoms with Crippen molar-refractivity contribution >= 4 is 23.1 Å². The molecule has 1 N–H and O–H groups in total. The lowest BCUT2D eigenvalue weighted by atomic mass is 10.2. The molecular formula is C15H24N2S2. The molecule has 0 atom stereocenters. The summed E-state index contributed by atoms with van der Waals surface area (Å²) in [6.45, 7) is 6.17. The van der Waals surface area contributed by atoms with Crippen molar-refractivity contribution in [2.75, 3.05) is 31.9 Å². The van der Waals surface area contributed by atoms with Crippen LogP contribution in [-0.4, -0.2) is 36.8 Å². The maximum absolute atomic E-state index is 3.61. The van der Waals surface area contributed by atoms with Crippen LogP contribution < -0.4 is 5.32 Å². The summed E-state index contributed by atoms with van der Waals surface area (Å²) in [5.41, 5.74) is 1.61. The molecule has 0 unspecified atom stereocenters. The third-order valence-corrected chi connectivity index (χ3v) is 6.25. The fourth-order valence-corrected chi connectivity index (χ4v) is 5.29. The topological polar surface area (TPSA) is 15.3 Å². The van der Waals surface area contributed by atoms with Gasteiger partial charge in [0.05, 0.1) is 0 Å². The Hall–Kier alpha value is -0.0300. The molecule has 2 aliphatic rings. The predicted octanol–water partition coefficient (Wildman–Crippen LogP) is 3.11. The number of rotatable bonds is 6. The fraction of sp³-hybridized carbons (Fsp3) is 0.733. The first kappa shape index (κ1) is 13.9. The summed E-state index contributed by atoms with van der Waals surface area (Å²) in [4.78, 5) is 5.78. The SMILES string of the molecule is c1c(CNCCCN2CCCC2)sc2c1CSCC2. The fourth-order valence-electron chi connectivity index (χ4n) is 2.94. The monoisotopic (exact) mass is 296 g/mol. The average Bonchev–Trinajstić information content (AvgIpc) is 3.06. The Labute approximate surface area is 125 Å². The van der Waals surface area contributed by atoms with Crippen LogP contribution in [0, 0.1) is 0 Å². The van der Waals surface area contributed by atoms with Crippen molar-refractivity contribution in [3.05, 3.63) is 21.4 Å². The van der Waals surface area contributed by atoms with E-state index >= 15 is 0 Å². The predicted molar refractivity (Wildman–Crippen MR) is 86.2 cm³/mol. The zero-order valence-electron chi connectivity index (χ0n) is 11.6. The molecule has 0 bridgehead atoms. The van der Waals surface area contributed by atoms with Gasteiger partial charge in [-0.15, -0.1) is 11.3 Å². The van der Waals surface area contributed by atoms with Gasteiger partial charge in [-0.1, -0.05) is 0 Å². The first-order valence-corrected chi connectivity index (χ1v) is 9.50. The second-order valence-corrected chi connectivity index (χ2v) is 7.87. The average molecular weight is 297 g/mol. The molecule has 2 nitrogen and oxygen atoms in total. The van der Waals surface area contributed by atoms with Crippen LogP contribution in [0.25, 0.3) is 0 Å². The van der Waals surface area contributed by atoms with E-state index in [1.54, 1.807) is 10.4 Å². The van der Waals surface area contributed by atoms with Crippen LogP contribution in [0.15, 0.2) is 6.07 Å². The van der Waals surface area contributed by atoms with Crippen LogP contribution in [0.5, 0.6) is 0 Å². The Kier molecular flexibility index (Phi) is 5.22. The minimum atomic E-state index is 1.07. The van der Waals surface area contributed by atoms with Crippen LogP contribution in [0.3, 0.4) is 0 Å². The summed E-state index contributed by atoms with van der Waals surface area (Å²) in [5.74, 6) is 2.55. The molecule has 3 rings (SSSR count). The van der Waals surface area contributed by atoms with Crippen LogP contribution in [-0.2, 0) is 18.7 Å². The second kappa shape index (κ2) is 7.11. The summed E-state index contributed by atoms with van der Waals surface area (Å²) in [6, 6.07) is 2.43. The van der Waals surface area contributed by atoms with Gasteiger partial charge in [-0.25, -0.2) is 0 Å². The highest BCUT2D eigenvalue weighted by atomic mass is 32.2. The largest absolute Gasteiger partial charge is 0.312 e. The van der Waals surface area contributed by atoms with Gasteiger partial charge < -0.3 is 10.2 Å². The van der Waals surface area contributed by atoms with Gasteiger partial charge in [0.15, 0.2) is 0 Å². The summed E-state index contributed by atoms with van der Waals surface area (Å²) in [6.07, 6.45) is 5.40. The highest BCUT2D eigenvalue weighted by Gasteiger charge is 2.13. The number of hydrogen-bond acceptors (Lipinski definition) is 4. The lowest BCUT2D eigenvalue weighted by molar-refractivity contribution is 0.331. The number of aryl methyl sites for hydroxylation is 1. The molecular weight excluding hydrogens is 272 g/mol. The third-order valence-electron chi connectivity index (χ3n) is 4.00. The molecule has 1 fully saturated rings. The van der Waals surface area contributed by atoms with Crippen LogP contribution in [0.4, 0.5) is 0 Å². The first-order chi connectivity index (χ1) is 9.42. The van der Waals surface area contributed by atoms with Gasteiger partial charge in [-0.05, 0) is 69.2 Å². The van der Waals surface area contributed by atoms with Crippen molar-refractivity contribution in [1.29, 1.82) is 0 Å². The van der Waals surface area contributed by atoms with Crippen LogP contribution in [0.1, 0.15) is 34.6 Å². The van der Waals surface area contributed by atoms with Crippen molar-refractivity contribution in [3.8, 4) is 0 Å². The van der Waals surface area contributed by atoms with Crippen molar-refractivity contribution in [2.24, 2.45) is 0 Å². The molecule has 2 aliphatic heterocycles. The minimum absolute atomic E-state index is 1.07. The van der Waals surface area contributed by atoms with E-state index in [1.807, 2.05) is 11.3 Å². The number of nitrogens with one attached hydrogen (secondary N) is 1. The molecule has 0 amide bonds. The molecule has 1 aromatic rings. The van der Waals surface area contributed by atoms with Gasteiger partial charge in [0.25, 0.3) is 0 Å². The van der Waals surface area contributed by atoms with E-state index in [1.165, 1.54) is 61.7 Å². The third kappa shape index (κ3) is 3.97. The van der Waals surface area contributed by atoms with Gasteiger partial charge in [0, 0.05) is 22.1 Å².